The summed E-state index contributed by atoms with van der Waals surface area (Å²) in [5.74, 6) is 0.858. The van der Waals surface area contributed by atoms with Gasteiger partial charge in [-0.05, 0) is 42.8 Å². The van der Waals surface area contributed by atoms with Gasteiger partial charge < -0.3 is 28.3 Å². The van der Waals surface area contributed by atoms with E-state index >= 15 is 0 Å². The number of benzene rings is 2. The highest BCUT2D eigenvalue weighted by Crippen LogP contribution is 2.37. The average molecular weight is 474 g/mol. The summed E-state index contributed by atoms with van der Waals surface area (Å²) in [4.78, 5) is 27.7. The Morgan fingerprint density at radius 3 is 2.52 bits per heavy atom. The third kappa shape index (κ3) is 4.62. The molecule has 1 saturated heterocycles. The van der Waals surface area contributed by atoms with E-state index in [0.29, 0.717) is 54.0 Å². The van der Waals surface area contributed by atoms with E-state index in [1.165, 1.54) is 14.2 Å². The number of morpholine rings is 1. The van der Waals surface area contributed by atoms with Gasteiger partial charge in [0.25, 0.3) is 5.91 Å². The molecular formula is C24H24ClNO7. The Hall–Kier alpha value is -3.23. The molecule has 4 rings (SSSR count). The monoisotopic (exact) mass is 473 g/mol. The molecule has 2 aromatic carbocycles. The van der Waals surface area contributed by atoms with Crippen molar-refractivity contribution in [3.8, 4) is 28.6 Å². The standard InChI is InChI=1S/C24H24ClNO7/c1-14-10-19-16(12-17(14)25)22(28)24(32-13-21(27)26-6-8-31-9-7-26)23(33-19)15-4-5-18(29-2)20(11-15)30-3/h4-5,10-12H,6-9,13H2,1-3H3. The summed E-state index contributed by atoms with van der Waals surface area (Å²) < 4.78 is 27.9. The van der Waals surface area contributed by atoms with Gasteiger partial charge in [-0.1, -0.05) is 11.6 Å². The Morgan fingerprint density at radius 2 is 1.82 bits per heavy atom. The molecular weight excluding hydrogens is 450 g/mol. The highest BCUT2D eigenvalue weighted by molar-refractivity contribution is 6.32. The van der Waals surface area contributed by atoms with Crippen LogP contribution in [-0.2, 0) is 9.53 Å². The van der Waals surface area contributed by atoms with Gasteiger partial charge in [0.2, 0.25) is 11.2 Å². The van der Waals surface area contributed by atoms with E-state index in [0.717, 1.165) is 5.56 Å². The first kappa shape index (κ1) is 22.9. The SMILES string of the molecule is COc1ccc(-c2oc3cc(C)c(Cl)cc3c(=O)c2OCC(=O)N2CCOCC2)cc1OC. The van der Waals surface area contributed by atoms with Crippen molar-refractivity contribution in [2.75, 3.05) is 47.1 Å². The van der Waals surface area contributed by atoms with Gasteiger partial charge in [-0.3, -0.25) is 9.59 Å². The zero-order valence-corrected chi connectivity index (χ0v) is 19.4. The molecule has 1 aliphatic rings. The van der Waals surface area contributed by atoms with Gasteiger partial charge in [0.15, 0.2) is 23.9 Å². The summed E-state index contributed by atoms with van der Waals surface area (Å²) in [6.45, 7) is 3.41. The zero-order chi connectivity index (χ0) is 23.5. The van der Waals surface area contributed by atoms with Crippen molar-refractivity contribution in [3.63, 3.8) is 0 Å². The average Bonchev–Trinajstić information content (AvgIpc) is 2.84. The van der Waals surface area contributed by atoms with Crippen LogP contribution in [-0.4, -0.2) is 57.9 Å². The number of carbonyl (C=O) groups is 1. The Balaban J connectivity index is 1.80. The lowest BCUT2D eigenvalue weighted by atomic mass is 10.1. The van der Waals surface area contributed by atoms with E-state index < -0.39 is 5.43 Å². The fraction of sp³-hybridized carbons (Fsp3) is 0.333. The van der Waals surface area contributed by atoms with Gasteiger partial charge in [-0.2, -0.15) is 0 Å². The van der Waals surface area contributed by atoms with Crippen LogP contribution in [0, 0.1) is 6.92 Å². The van der Waals surface area contributed by atoms with Crippen LogP contribution in [0.25, 0.3) is 22.3 Å². The van der Waals surface area contributed by atoms with E-state index in [2.05, 4.69) is 0 Å². The largest absolute Gasteiger partial charge is 0.493 e. The van der Waals surface area contributed by atoms with Crippen LogP contribution in [0.1, 0.15) is 5.56 Å². The second-order valence-electron chi connectivity index (χ2n) is 7.54. The number of fused-ring (bicyclic) bond motifs is 1. The minimum absolute atomic E-state index is 0.0729. The molecule has 1 amide bonds. The summed E-state index contributed by atoms with van der Waals surface area (Å²) in [6, 6.07) is 8.36. The number of nitrogens with zero attached hydrogens (tertiary/aromatic N) is 1. The third-order valence-corrected chi connectivity index (χ3v) is 5.89. The van der Waals surface area contributed by atoms with Crippen LogP contribution >= 0.6 is 11.6 Å². The molecule has 0 unspecified atom stereocenters. The first-order chi connectivity index (χ1) is 15.9. The van der Waals surface area contributed by atoms with Gasteiger partial charge >= 0.3 is 0 Å². The molecule has 0 saturated carbocycles. The molecule has 8 nitrogen and oxygen atoms in total. The van der Waals surface area contributed by atoms with Crippen molar-refractivity contribution in [1.29, 1.82) is 0 Å². The first-order valence-corrected chi connectivity index (χ1v) is 10.8. The predicted octanol–water partition coefficient (Wildman–Crippen LogP) is 3.68. The fourth-order valence-electron chi connectivity index (χ4n) is 3.64. The molecule has 1 aromatic heterocycles. The van der Waals surface area contributed by atoms with Crippen LogP contribution in [0.5, 0.6) is 17.2 Å². The lowest BCUT2D eigenvalue weighted by Gasteiger charge is -2.26. The zero-order valence-electron chi connectivity index (χ0n) is 18.6. The van der Waals surface area contributed by atoms with Gasteiger partial charge in [-0.25, -0.2) is 0 Å². The lowest BCUT2D eigenvalue weighted by molar-refractivity contribution is -0.137. The topological polar surface area (TPSA) is 87.4 Å². The number of amides is 1. The molecule has 0 radical (unpaired) electrons. The molecule has 0 aliphatic carbocycles. The molecule has 0 atom stereocenters. The number of methoxy groups -OCH3 is 2. The van der Waals surface area contributed by atoms with Gasteiger partial charge in [0.05, 0.1) is 32.8 Å². The van der Waals surface area contributed by atoms with E-state index in [-0.39, 0.29) is 29.4 Å². The van der Waals surface area contributed by atoms with Crippen LogP contribution in [0.15, 0.2) is 39.5 Å². The van der Waals surface area contributed by atoms with Gasteiger partial charge in [0, 0.05) is 23.7 Å². The Labute approximate surface area is 195 Å². The number of ether oxygens (including phenoxy) is 4. The molecule has 2 heterocycles. The Kier molecular flexibility index (Phi) is 6.76. The van der Waals surface area contributed by atoms with E-state index in [1.807, 2.05) is 6.92 Å². The quantitative estimate of drug-likeness (QED) is 0.539. The minimum atomic E-state index is -0.419. The fourth-order valence-corrected chi connectivity index (χ4v) is 3.80. The number of carbonyl (C=O) groups excluding carboxylic acids is 1. The molecule has 1 aliphatic heterocycles. The second kappa shape index (κ2) is 9.72. The second-order valence-corrected chi connectivity index (χ2v) is 7.95. The summed E-state index contributed by atoms with van der Waals surface area (Å²) in [6.07, 6.45) is 0. The number of hydrogen-bond donors (Lipinski definition) is 0. The summed E-state index contributed by atoms with van der Waals surface area (Å²) >= 11 is 6.25. The van der Waals surface area contributed by atoms with Gasteiger partial charge in [0.1, 0.15) is 5.58 Å². The Bertz CT molecular complexity index is 1250. The smallest absolute Gasteiger partial charge is 0.260 e. The van der Waals surface area contributed by atoms with Crippen molar-refractivity contribution in [2.45, 2.75) is 6.92 Å². The third-order valence-electron chi connectivity index (χ3n) is 5.48. The molecule has 0 N–H and O–H groups in total. The molecule has 0 spiro atoms. The first-order valence-electron chi connectivity index (χ1n) is 10.4. The van der Waals surface area contributed by atoms with Crippen molar-refractivity contribution < 1.29 is 28.2 Å². The normalized spacial score (nSPS) is 13.8. The lowest BCUT2D eigenvalue weighted by Crippen LogP contribution is -2.43. The Morgan fingerprint density at radius 1 is 1.09 bits per heavy atom. The van der Waals surface area contributed by atoms with Crippen LogP contribution in [0.2, 0.25) is 5.02 Å². The molecule has 1 fully saturated rings. The number of aryl methyl sites for hydroxylation is 1. The molecule has 33 heavy (non-hydrogen) atoms. The molecule has 174 valence electrons. The maximum Gasteiger partial charge on any atom is 0.260 e. The van der Waals surface area contributed by atoms with Crippen molar-refractivity contribution in [3.05, 3.63) is 51.1 Å². The van der Waals surface area contributed by atoms with E-state index in [1.54, 1.807) is 35.2 Å². The maximum atomic E-state index is 13.4. The van der Waals surface area contributed by atoms with E-state index in [4.69, 9.17) is 35.0 Å². The van der Waals surface area contributed by atoms with Crippen LogP contribution < -0.4 is 19.6 Å². The molecule has 0 bridgehead atoms. The van der Waals surface area contributed by atoms with Crippen molar-refractivity contribution in [2.24, 2.45) is 0 Å². The molecule has 3 aromatic rings. The number of halogens is 1. The molecule has 9 heteroatoms. The summed E-state index contributed by atoms with van der Waals surface area (Å²) in [5, 5.41) is 0.702. The van der Waals surface area contributed by atoms with E-state index in [9.17, 15) is 9.59 Å². The van der Waals surface area contributed by atoms with Crippen molar-refractivity contribution >= 4 is 28.5 Å². The maximum absolute atomic E-state index is 13.4. The van der Waals surface area contributed by atoms with Crippen LogP contribution in [0.4, 0.5) is 0 Å². The predicted molar refractivity (Wildman–Crippen MR) is 124 cm³/mol. The highest BCUT2D eigenvalue weighted by Gasteiger charge is 2.23. The number of hydrogen-bond acceptors (Lipinski definition) is 7. The minimum Gasteiger partial charge on any atom is -0.493 e. The summed E-state index contributed by atoms with van der Waals surface area (Å²) in [5.41, 5.74) is 1.24. The van der Waals surface area contributed by atoms with Gasteiger partial charge in [-0.15, -0.1) is 0 Å². The van der Waals surface area contributed by atoms with Crippen LogP contribution in [0.3, 0.4) is 0 Å². The summed E-state index contributed by atoms with van der Waals surface area (Å²) in [7, 11) is 3.05. The number of rotatable bonds is 6. The highest BCUT2D eigenvalue weighted by atomic mass is 35.5. The van der Waals surface area contributed by atoms with Crippen molar-refractivity contribution in [1.82, 2.24) is 4.90 Å².